The quantitative estimate of drug-likeness (QED) is 0.871. The first kappa shape index (κ1) is 16.3. The van der Waals surface area contributed by atoms with Crippen molar-refractivity contribution in [1.82, 2.24) is 5.32 Å². The Kier molecular flexibility index (Phi) is 5.65. The molecule has 3 nitrogen and oxygen atoms in total. The second-order valence-corrected chi connectivity index (χ2v) is 6.54. The molecule has 0 saturated carbocycles. The normalized spacial score (nSPS) is 17.7. The van der Waals surface area contributed by atoms with E-state index in [4.69, 9.17) is 4.74 Å². The summed E-state index contributed by atoms with van der Waals surface area (Å²) in [6.07, 6.45) is 2.30. The van der Waals surface area contributed by atoms with Crippen LogP contribution in [0.15, 0.2) is 18.2 Å². The van der Waals surface area contributed by atoms with Gasteiger partial charge in [0.05, 0.1) is 0 Å². The molecule has 2 rings (SSSR count). The van der Waals surface area contributed by atoms with Crippen LogP contribution in [0.25, 0.3) is 0 Å². The molecular weight excluding hydrogens is 260 g/mol. The minimum Gasteiger partial charge on any atom is -0.381 e. The Morgan fingerprint density at radius 3 is 2.57 bits per heavy atom. The van der Waals surface area contributed by atoms with E-state index in [0.717, 1.165) is 45.7 Å². The first-order valence-corrected chi connectivity index (χ1v) is 8.13. The van der Waals surface area contributed by atoms with Crippen LogP contribution in [0.2, 0.25) is 0 Å². The van der Waals surface area contributed by atoms with Crippen molar-refractivity contribution in [3.63, 3.8) is 0 Å². The van der Waals surface area contributed by atoms with Gasteiger partial charge in [-0.1, -0.05) is 24.6 Å². The third kappa shape index (κ3) is 4.21. The maximum atomic E-state index is 5.59. The largest absolute Gasteiger partial charge is 0.381 e. The van der Waals surface area contributed by atoms with Crippen molar-refractivity contribution >= 4 is 5.69 Å². The van der Waals surface area contributed by atoms with Crippen molar-refractivity contribution in [1.29, 1.82) is 0 Å². The molecule has 1 heterocycles. The summed E-state index contributed by atoms with van der Waals surface area (Å²) >= 11 is 0. The van der Waals surface area contributed by atoms with Crippen LogP contribution in [0, 0.1) is 19.3 Å². The Hall–Kier alpha value is -1.06. The fourth-order valence-electron chi connectivity index (χ4n) is 3.41. The van der Waals surface area contributed by atoms with E-state index in [0.29, 0.717) is 5.41 Å². The summed E-state index contributed by atoms with van der Waals surface area (Å²) in [5.74, 6) is 0. The topological polar surface area (TPSA) is 24.5 Å². The molecule has 3 heteroatoms. The van der Waals surface area contributed by atoms with Crippen LogP contribution < -0.4 is 10.2 Å². The third-order valence-corrected chi connectivity index (χ3v) is 4.64. The van der Waals surface area contributed by atoms with Crippen molar-refractivity contribution < 1.29 is 4.74 Å². The number of hydrogen-bond acceptors (Lipinski definition) is 3. The Morgan fingerprint density at radius 1 is 1.24 bits per heavy atom. The number of rotatable bonds is 6. The van der Waals surface area contributed by atoms with E-state index in [1.807, 2.05) is 0 Å². The number of aryl methyl sites for hydroxylation is 2. The molecule has 0 atom stereocenters. The summed E-state index contributed by atoms with van der Waals surface area (Å²) < 4.78 is 5.59. The SMILES string of the molecule is CCNCC1(CN(C)c2ccc(C)cc2C)CCOCC1. The van der Waals surface area contributed by atoms with Gasteiger partial charge in [-0.3, -0.25) is 0 Å². The Labute approximate surface area is 129 Å². The summed E-state index contributed by atoms with van der Waals surface area (Å²) in [6, 6.07) is 6.73. The van der Waals surface area contributed by atoms with Crippen LogP contribution in [-0.2, 0) is 4.74 Å². The molecule has 1 aromatic carbocycles. The smallest absolute Gasteiger partial charge is 0.0472 e. The van der Waals surface area contributed by atoms with Crippen LogP contribution in [0.5, 0.6) is 0 Å². The summed E-state index contributed by atoms with van der Waals surface area (Å²) in [7, 11) is 2.22. The Morgan fingerprint density at radius 2 is 1.95 bits per heavy atom. The lowest BCUT2D eigenvalue weighted by Crippen LogP contribution is -2.46. The summed E-state index contributed by atoms with van der Waals surface area (Å²) in [5, 5.41) is 3.56. The molecule has 0 aliphatic carbocycles. The highest BCUT2D eigenvalue weighted by atomic mass is 16.5. The van der Waals surface area contributed by atoms with Crippen LogP contribution in [0.4, 0.5) is 5.69 Å². The number of nitrogens with one attached hydrogen (secondary N) is 1. The second-order valence-electron chi connectivity index (χ2n) is 6.54. The zero-order chi connectivity index (χ0) is 15.3. The minimum atomic E-state index is 0.334. The Bertz CT molecular complexity index is 453. The summed E-state index contributed by atoms with van der Waals surface area (Å²) in [6.45, 7) is 11.5. The van der Waals surface area contributed by atoms with Crippen molar-refractivity contribution in [3.8, 4) is 0 Å². The van der Waals surface area contributed by atoms with Gasteiger partial charge in [-0.15, -0.1) is 0 Å². The molecule has 0 spiro atoms. The number of ether oxygens (including phenoxy) is 1. The molecular formula is C18H30N2O. The Balaban J connectivity index is 2.11. The number of anilines is 1. The van der Waals surface area contributed by atoms with Crippen molar-refractivity contribution in [3.05, 3.63) is 29.3 Å². The van der Waals surface area contributed by atoms with E-state index in [1.54, 1.807) is 0 Å². The highest BCUT2D eigenvalue weighted by Gasteiger charge is 2.33. The van der Waals surface area contributed by atoms with Crippen LogP contribution >= 0.6 is 0 Å². The zero-order valence-corrected chi connectivity index (χ0v) is 14.0. The van der Waals surface area contributed by atoms with Gasteiger partial charge in [0.15, 0.2) is 0 Å². The molecule has 0 amide bonds. The van der Waals surface area contributed by atoms with Gasteiger partial charge in [0, 0.05) is 44.5 Å². The predicted octanol–water partition coefficient (Wildman–Crippen LogP) is 3.15. The monoisotopic (exact) mass is 290 g/mol. The first-order chi connectivity index (χ1) is 10.1. The van der Waals surface area contributed by atoms with Gasteiger partial charge in [-0.25, -0.2) is 0 Å². The fraction of sp³-hybridized carbons (Fsp3) is 0.667. The van der Waals surface area contributed by atoms with Crippen LogP contribution in [0.3, 0.4) is 0 Å². The summed E-state index contributed by atoms with van der Waals surface area (Å²) in [4.78, 5) is 2.43. The van der Waals surface area contributed by atoms with Crippen LogP contribution in [0.1, 0.15) is 30.9 Å². The molecule has 1 fully saturated rings. The van der Waals surface area contributed by atoms with E-state index < -0.39 is 0 Å². The number of benzene rings is 1. The standard InChI is InChI=1S/C18H30N2O/c1-5-19-13-18(8-10-21-11-9-18)14-20(4)17-7-6-15(2)12-16(17)3/h6-7,12,19H,5,8-11,13-14H2,1-4H3. The molecule has 0 aromatic heterocycles. The summed E-state index contributed by atoms with van der Waals surface area (Å²) in [5.41, 5.74) is 4.38. The molecule has 21 heavy (non-hydrogen) atoms. The molecule has 118 valence electrons. The molecule has 1 aliphatic rings. The van der Waals surface area contributed by atoms with E-state index in [-0.39, 0.29) is 0 Å². The molecule has 0 unspecified atom stereocenters. The average Bonchev–Trinajstić information content (AvgIpc) is 2.46. The van der Waals surface area contributed by atoms with E-state index >= 15 is 0 Å². The van der Waals surface area contributed by atoms with E-state index in [2.05, 4.69) is 56.2 Å². The van der Waals surface area contributed by atoms with Gasteiger partial charge in [0.1, 0.15) is 0 Å². The van der Waals surface area contributed by atoms with E-state index in [1.165, 1.54) is 16.8 Å². The second kappa shape index (κ2) is 7.28. The maximum Gasteiger partial charge on any atom is 0.0472 e. The van der Waals surface area contributed by atoms with Crippen molar-refractivity contribution in [2.75, 3.05) is 44.8 Å². The van der Waals surface area contributed by atoms with Crippen LogP contribution in [-0.4, -0.2) is 39.9 Å². The van der Waals surface area contributed by atoms with Gasteiger partial charge in [-0.2, -0.15) is 0 Å². The predicted molar refractivity (Wildman–Crippen MR) is 90.2 cm³/mol. The zero-order valence-electron chi connectivity index (χ0n) is 14.0. The molecule has 1 saturated heterocycles. The van der Waals surface area contributed by atoms with Crippen molar-refractivity contribution in [2.24, 2.45) is 5.41 Å². The van der Waals surface area contributed by atoms with Gasteiger partial charge in [-0.05, 0) is 44.9 Å². The molecule has 0 bridgehead atoms. The third-order valence-electron chi connectivity index (χ3n) is 4.64. The van der Waals surface area contributed by atoms with Crippen molar-refractivity contribution in [2.45, 2.75) is 33.6 Å². The van der Waals surface area contributed by atoms with Gasteiger partial charge in [0.2, 0.25) is 0 Å². The fourth-order valence-corrected chi connectivity index (χ4v) is 3.41. The van der Waals surface area contributed by atoms with E-state index in [9.17, 15) is 0 Å². The minimum absolute atomic E-state index is 0.334. The first-order valence-electron chi connectivity index (χ1n) is 8.13. The molecule has 0 radical (unpaired) electrons. The van der Waals surface area contributed by atoms with Gasteiger partial charge >= 0.3 is 0 Å². The molecule has 1 N–H and O–H groups in total. The molecule has 1 aliphatic heterocycles. The number of hydrogen-bond donors (Lipinski definition) is 1. The number of nitrogens with zero attached hydrogens (tertiary/aromatic N) is 1. The lowest BCUT2D eigenvalue weighted by molar-refractivity contribution is 0.0190. The highest BCUT2D eigenvalue weighted by Crippen LogP contribution is 2.33. The lowest BCUT2D eigenvalue weighted by Gasteiger charge is -2.41. The average molecular weight is 290 g/mol. The maximum absolute atomic E-state index is 5.59. The van der Waals surface area contributed by atoms with Gasteiger partial charge < -0.3 is 15.0 Å². The lowest BCUT2D eigenvalue weighted by atomic mass is 9.79. The highest BCUT2D eigenvalue weighted by molar-refractivity contribution is 5.54. The molecule has 1 aromatic rings. The van der Waals surface area contributed by atoms with Gasteiger partial charge in [0.25, 0.3) is 0 Å².